The van der Waals surface area contributed by atoms with E-state index in [4.69, 9.17) is 9.57 Å². The number of benzene rings is 1. The Balaban J connectivity index is 1.56. The molecule has 6 nitrogen and oxygen atoms in total. The molecular formula is C16H19BrN2O4. The van der Waals surface area contributed by atoms with E-state index >= 15 is 0 Å². The maximum atomic E-state index is 12.5. The van der Waals surface area contributed by atoms with Crippen LogP contribution in [0.25, 0.3) is 0 Å². The Bertz CT molecular complexity index is 589. The summed E-state index contributed by atoms with van der Waals surface area (Å²) in [5.41, 5.74) is 3.18. The first-order valence-electron chi connectivity index (χ1n) is 7.79. The van der Waals surface area contributed by atoms with Crippen LogP contribution in [0.3, 0.4) is 0 Å². The molecule has 1 N–H and O–H groups in total. The number of halogens is 1. The predicted molar refractivity (Wildman–Crippen MR) is 87.4 cm³/mol. The number of hydrogen-bond acceptors (Lipinski definition) is 4. The number of hydroxylamine groups is 1. The van der Waals surface area contributed by atoms with Crippen LogP contribution in [0, 0.1) is 5.92 Å². The van der Waals surface area contributed by atoms with Crippen molar-refractivity contribution in [3.63, 3.8) is 0 Å². The number of hydrogen-bond donors (Lipinski definition) is 1. The summed E-state index contributed by atoms with van der Waals surface area (Å²) in [4.78, 5) is 31.6. The average Bonchev–Trinajstić information content (AvgIpc) is 2.95. The second-order valence-electron chi connectivity index (χ2n) is 5.69. The van der Waals surface area contributed by atoms with Gasteiger partial charge in [0.15, 0.2) is 6.29 Å². The molecule has 2 atom stereocenters. The Labute approximate surface area is 143 Å². The first kappa shape index (κ1) is 16.4. The lowest BCUT2D eigenvalue weighted by molar-refractivity contribution is -0.202. The van der Waals surface area contributed by atoms with E-state index in [9.17, 15) is 9.59 Å². The van der Waals surface area contributed by atoms with Crippen molar-refractivity contribution < 1.29 is 19.2 Å². The van der Waals surface area contributed by atoms with Crippen LogP contribution in [0.1, 0.15) is 25.7 Å². The molecule has 0 saturated carbocycles. The van der Waals surface area contributed by atoms with E-state index in [0.717, 1.165) is 29.4 Å². The monoisotopic (exact) mass is 382 g/mol. The summed E-state index contributed by atoms with van der Waals surface area (Å²) in [6, 6.07) is 7.48. The number of nitrogens with zero attached hydrogens (tertiary/aromatic N) is 1. The minimum Gasteiger partial charge on any atom is -0.350 e. The SMILES string of the molecule is O=C(NO[C@@H]1CCCCO1)[C@H]1CCN(c2cccc(Br)c2)C1=O. The predicted octanol–water partition coefficient (Wildman–Crippen LogP) is 2.38. The molecule has 7 heteroatoms. The third kappa shape index (κ3) is 3.91. The van der Waals surface area contributed by atoms with Gasteiger partial charge in [0.1, 0.15) is 5.92 Å². The molecular weight excluding hydrogens is 364 g/mol. The summed E-state index contributed by atoms with van der Waals surface area (Å²) in [7, 11) is 0. The summed E-state index contributed by atoms with van der Waals surface area (Å²) in [6.07, 6.45) is 2.84. The van der Waals surface area contributed by atoms with Crippen LogP contribution in [-0.2, 0) is 19.2 Å². The summed E-state index contributed by atoms with van der Waals surface area (Å²) in [5, 5.41) is 0. The van der Waals surface area contributed by atoms with E-state index in [-0.39, 0.29) is 5.91 Å². The molecule has 0 aliphatic carbocycles. The van der Waals surface area contributed by atoms with Crippen molar-refractivity contribution in [3.05, 3.63) is 28.7 Å². The maximum Gasteiger partial charge on any atom is 0.256 e. The summed E-state index contributed by atoms with van der Waals surface area (Å²) in [5.74, 6) is -1.31. The van der Waals surface area contributed by atoms with Crippen LogP contribution >= 0.6 is 15.9 Å². The highest BCUT2D eigenvalue weighted by molar-refractivity contribution is 9.10. The standard InChI is InChI=1S/C16H19BrN2O4/c17-11-4-3-5-12(10-11)19-8-7-13(16(19)21)15(20)18-23-14-6-1-2-9-22-14/h3-5,10,13-14H,1-2,6-9H2,(H,18,20)/t13-,14-/m1/s1. The highest BCUT2D eigenvalue weighted by atomic mass is 79.9. The fourth-order valence-corrected chi connectivity index (χ4v) is 3.21. The molecule has 0 radical (unpaired) electrons. The summed E-state index contributed by atoms with van der Waals surface area (Å²) >= 11 is 3.39. The van der Waals surface area contributed by atoms with Crippen LogP contribution in [-0.4, -0.2) is 31.3 Å². The summed E-state index contributed by atoms with van der Waals surface area (Å²) in [6.45, 7) is 1.16. The molecule has 3 rings (SSSR count). The zero-order valence-electron chi connectivity index (χ0n) is 12.7. The van der Waals surface area contributed by atoms with Gasteiger partial charge in [-0.2, -0.15) is 0 Å². The van der Waals surface area contributed by atoms with Crippen LogP contribution in [0.15, 0.2) is 28.7 Å². The molecule has 0 aromatic heterocycles. The van der Waals surface area contributed by atoms with Crippen molar-refractivity contribution in [2.24, 2.45) is 5.92 Å². The minimum atomic E-state index is -0.711. The normalized spacial score (nSPS) is 24.7. The molecule has 2 aliphatic rings. The van der Waals surface area contributed by atoms with Gasteiger partial charge < -0.3 is 9.64 Å². The largest absolute Gasteiger partial charge is 0.350 e. The van der Waals surface area contributed by atoms with Crippen molar-refractivity contribution in [2.75, 3.05) is 18.1 Å². The molecule has 124 valence electrons. The minimum absolute atomic E-state index is 0.200. The van der Waals surface area contributed by atoms with Gasteiger partial charge in [-0.15, -0.1) is 0 Å². The van der Waals surface area contributed by atoms with E-state index in [1.807, 2.05) is 24.3 Å². The van der Waals surface area contributed by atoms with Gasteiger partial charge in [-0.3, -0.25) is 9.59 Å². The molecule has 23 heavy (non-hydrogen) atoms. The number of ether oxygens (including phenoxy) is 1. The van der Waals surface area contributed by atoms with Crippen molar-refractivity contribution in [1.82, 2.24) is 5.48 Å². The van der Waals surface area contributed by atoms with E-state index in [2.05, 4.69) is 21.4 Å². The molecule has 0 spiro atoms. The lowest BCUT2D eigenvalue weighted by Crippen LogP contribution is -2.39. The molecule has 1 aromatic carbocycles. The third-order valence-electron chi connectivity index (χ3n) is 4.07. The van der Waals surface area contributed by atoms with E-state index in [0.29, 0.717) is 19.6 Å². The number of rotatable bonds is 4. The van der Waals surface area contributed by atoms with E-state index in [1.165, 1.54) is 0 Å². The van der Waals surface area contributed by atoms with E-state index in [1.54, 1.807) is 4.90 Å². The Hall–Kier alpha value is -1.44. The van der Waals surface area contributed by atoms with Crippen LogP contribution < -0.4 is 10.4 Å². The number of carbonyl (C=O) groups excluding carboxylic acids is 2. The molecule has 2 saturated heterocycles. The highest BCUT2D eigenvalue weighted by Gasteiger charge is 2.38. The van der Waals surface area contributed by atoms with Crippen molar-refractivity contribution in [2.45, 2.75) is 32.0 Å². The highest BCUT2D eigenvalue weighted by Crippen LogP contribution is 2.27. The van der Waals surface area contributed by atoms with Crippen molar-refractivity contribution in [3.8, 4) is 0 Å². The van der Waals surface area contributed by atoms with Crippen LogP contribution in [0.4, 0.5) is 5.69 Å². The van der Waals surface area contributed by atoms with Gasteiger partial charge in [0, 0.05) is 29.7 Å². The molecule has 0 bridgehead atoms. The summed E-state index contributed by atoms with van der Waals surface area (Å²) < 4.78 is 6.28. The van der Waals surface area contributed by atoms with Gasteiger partial charge in [0.05, 0.1) is 0 Å². The van der Waals surface area contributed by atoms with Gasteiger partial charge in [0.25, 0.3) is 5.91 Å². The Kier molecular flexibility index (Phi) is 5.30. The Morgan fingerprint density at radius 2 is 2.22 bits per heavy atom. The average molecular weight is 383 g/mol. The van der Waals surface area contributed by atoms with Gasteiger partial charge in [-0.1, -0.05) is 22.0 Å². The quantitative estimate of drug-likeness (QED) is 0.641. The smallest absolute Gasteiger partial charge is 0.256 e. The fraction of sp³-hybridized carbons (Fsp3) is 0.500. The Morgan fingerprint density at radius 1 is 1.35 bits per heavy atom. The first-order valence-corrected chi connectivity index (χ1v) is 8.58. The molecule has 2 heterocycles. The van der Waals surface area contributed by atoms with Crippen LogP contribution in [0.5, 0.6) is 0 Å². The topological polar surface area (TPSA) is 67.9 Å². The molecule has 0 unspecified atom stereocenters. The second-order valence-corrected chi connectivity index (χ2v) is 6.61. The van der Waals surface area contributed by atoms with Crippen LogP contribution in [0.2, 0.25) is 0 Å². The third-order valence-corrected chi connectivity index (χ3v) is 4.56. The molecule has 2 amide bonds. The molecule has 2 fully saturated rings. The number of amides is 2. The lowest BCUT2D eigenvalue weighted by atomic mass is 10.1. The fourth-order valence-electron chi connectivity index (χ4n) is 2.82. The van der Waals surface area contributed by atoms with Gasteiger partial charge >= 0.3 is 0 Å². The maximum absolute atomic E-state index is 12.5. The van der Waals surface area contributed by atoms with Gasteiger partial charge in [-0.25, -0.2) is 10.3 Å². The second kappa shape index (κ2) is 7.42. The van der Waals surface area contributed by atoms with E-state index < -0.39 is 18.1 Å². The van der Waals surface area contributed by atoms with Gasteiger partial charge in [0.2, 0.25) is 5.91 Å². The zero-order chi connectivity index (χ0) is 16.2. The number of nitrogens with one attached hydrogen (secondary N) is 1. The first-order chi connectivity index (χ1) is 11.1. The lowest BCUT2D eigenvalue weighted by Gasteiger charge is -2.22. The number of carbonyl (C=O) groups is 2. The molecule has 1 aromatic rings. The Morgan fingerprint density at radius 3 is 2.96 bits per heavy atom. The number of anilines is 1. The zero-order valence-corrected chi connectivity index (χ0v) is 14.3. The van der Waals surface area contributed by atoms with Crippen molar-refractivity contribution in [1.29, 1.82) is 0 Å². The van der Waals surface area contributed by atoms with Crippen molar-refractivity contribution >= 4 is 33.4 Å². The molecule has 2 aliphatic heterocycles. The van der Waals surface area contributed by atoms with Gasteiger partial charge in [-0.05, 0) is 37.5 Å².